The lowest BCUT2D eigenvalue weighted by Crippen LogP contribution is -2.03. The SMILES string of the molecule is COc1ccccc1Oc1ncnc(Nc2ccc(C)c(Cl)c2)c1N. The molecule has 3 N–H and O–H groups in total. The molecule has 0 radical (unpaired) electrons. The largest absolute Gasteiger partial charge is 0.493 e. The van der Waals surface area contributed by atoms with Gasteiger partial charge in [-0.2, -0.15) is 4.98 Å². The number of nitrogens with zero attached hydrogens (tertiary/aromatic N) is 2. The summed E-state index contributed by atoms with van der Waals surface area (Å²) >= 11 is 6.15. The minimum atomic E-state index is 0.236. The summed E-state index contributed by atoms with van der Waals surface area (Å²) in [6, 6.07) is 12.9. The van der Waals surface area contributed by atoms with Crippen molar-refractivity contribution >= 4 is 28.8 Å². The van der Waals surface area contributed by atoms with Crippen LogP contribution in [0.3, 0.4) is 0 Å². The van der Waals surface area contributed by atoms with Gasteiger partial charge in [-0.25, -0.2) is 4.98 Å². The lowest BCUT2D eigenvalue weighted by atomic mass is 10.2. The van der Waals surface area contributed by atoms with Crippen LogP contribution in [0.4, 0.5) is 17.2 Å². The fraction of sp³-hybridized carbons (Fsp3) is 0.111. The van der Waals surface area contributed by atoms with E-state index < -0.39 is 0 Å². The molecule has 0 unspecified atom stereocenters. The van der Waals surface area contributed by atoms with Crippen molar-refractivity contribution in [2.45, 2.75) is 6.92 Å². The molecule has 0 amide bonds. The number of nitrogens with one attached hydrogen (secondary N) is 1. The van der Waals surface area contributed by atoms with Crippen molar-refractivity contribution in [2.75, 3.05) is 18.2 Å². The number of ether oxygens (including phenoxy) is 2. The molecule has 3 aromatic rings. The molecule has 0 aliphatic carbocycles. The van der Waals surface area contributed by atoms with Gasteiger partial charge >= 0.3 is 0 Å². The quantitative estimate of drug-likeness (QED) is 0.697. The van der Waals surface area contributed by atoms with Crippen LogP contribution in [0.5, 0.6) is 17.4 Å². The van der Waals surface area contributed by atoms with E-state index in [4.69, 9.17) is 26.8 Å². The van der Waals surface area contributed by atoms with E-state index in [1.807, 2.05) is 31.2 Å². The van der Waals surface area contributed by atoms with Crippen molar-refractivity contribution in [3.63, 3.8) is 0 Å². The number of para-hydroxylation sites is 2. The molecular formula is C18H17ClN4O2. The zero-order valence-corrected chi connectivity index (χ0v) is 14.5. The number of rotatable bonds is 5. The minimum absolute atomic E-state index is 0.236. The highest BCUT2D eigenvalue weighted by Crippen LogP contribution is 2.35. The average Bonchev–Trinajstić information content (AvgIpc) is 2.62. The number of benzene rings is 2. The molecule has 1 heterocycles. The van der Waals surface area contributed by atoms with E-state index in [-0.39, 0.29) is 11.6 Å². The van der Waals surface area contributed by atoms with Crippen molar-refractivity contribution in [3.05, 3.63) is 59.4 Å². The maximum atomic E-state index is 6.15. The Kier molecular flexibility index (Phi) is 4.90. The van der Waals surface area contributed by atoms with Crippen molar-refractivity contribution < 1.29 is 9.47 Å². The van der Waals surface area contributed by atoms with Crippen LogP contribution in [0.1, 0.15) is 5.56 Å². The molecule has 0 spiro atoms. The summed E-state index contributed by atoms with van der Waals surface area (Å²) < 4.78 is 11.1. The van der Waals surface area contributed by atoms with Crippen molar-refractivity contribution in [3.8, 4) is 17.4 Å². The first kappa shape index (κ1) is 16.9. The predicted molar refractivity (Wildman–Crippen MR) is 99.0 cm³/mol. The normalized spacial score (nSPS) is 10.4. The first-order chi connectivity index (χ1) is 12.1. The number of aromatic nitrogens is 2. The Morgan fingerprint density at radius 3 is 2.56 bits per heavy atom. The molecule has 0 aliphatic rings. The lowest BCUT2D eigenvalue weighted by molar-refractivity contribution is 0.374. The van der Waals surface area contributed by atoms with E-state index in [1.165, 1.54) is 6.33 Å². The summed E-state index contributed by atoms with van der Waals surface area (Å²) in [6.45, 7) is 1.93. The number of anilines is 3. The molecular weight excluding hydrogens is 340 g/mol. The maximum Gasteiger partial charge on any atom is 0.248 e. The lowest BCUT2D eigenvalue weighted by Gasteiger charge is -2.13. The Labute approximate surface area is 150 Å². The van der Waals surface area contributed by atoms with Crippen molar-refractivity contribution in [2.24, 2.45) is 0 Å². The van der Waals surface area contributed by atoms with Gasteiger partial charge < -0.3 is 20.5 Å². The molecule has 0 saturated heterocycles. The first-order valence-corrected chi connectivity index (χ1v) is 7.91. The summed E-state index contributed by atoms with van der Waals surface area (Å²) in [6.07, 6.45) is 1.37. The monoisotopic (exact) mass is 356 g/mol. The fourth-order valence-corrected chi connectivity index (χ4v) is 2.36. The topological polar surface area (TPSA) is 82.3 Å². The van der Waals surface area contributed by atoms with E-state index in [0.717, 1.165) is 11.3 Å². The second-order valence-electron chi connectivity index (χ2n) is 5.28. The van der Waals surface area contributed by atoms with Gasteiger partial charge in [-0.3, -0.25) is 0 Å². The average molecular weight is 357 g/mol. The standard InChI is InChI=1S/C18H17ClN4O2/c1-11-7-8-12(9-13(11)19)23-17-16(20)18(22-10-21-17)25-15-6-4-3-5-14(15)24-2/h3-10H,20H2,1-2H3,(H,21,22,23). The predicted octanol–water partition coefficient (Wildman–Crippen LogP) is 4.57. The molecule has 3 rings (SSSR count). The smallest absolute Gasteiger partial charge is 0.248 e. The molecule has 128 valence electrons. The van der Waals surface area contributed by atoms with Gasteiger partial charge in [0.2, 0.25) is 5.88 Å². The Morgan fingerprint density at radius 1 is 1.08 bits per heavy atom. The number of hydrogen-bond acceptors (Lipinski definition) is 6. The molecule has 0 bridgehead atoms. The molecule has 0 atom stereocenters. The number of hydrogen-bond donors (Lipinski definition) is 2. The van der Waals surface area contributed by atoms with Crippen LogP contribution in [-0.4, -0.2) is 17.1 Å². The molecule has 6 nitrogen and oxygen atoms in total. The van der Waals surface area contributed by atoms with Crippen LogP contribution >= 0.6 is 11.6 Å². The van der Waals surface area contributed by atoms with E-state index in [2.05, 4.69) is 15.3 Å². The van der Waals surface area contributed by atoms with Gasteiger partial charge in [0.1, 0.15) is 12.0 Å². The Morgan fingerprint density at radius 2 is 1.84 bits per heavy atom. The van der Waals surface area contributed by atoms with Gasteiger partial charge in [0.25, 0.3) is 0 Å². The number of aryl methyl sites for hydroxylation is 1. The van der Waals surface area contributed by atoms with E-state index in [9.17, 15) is 0 Å². The molecule has 1 aromatic heterocycles. The van der Waals surface area contributed by atoms with E-state index in [0.29, 0.717) is 22.3 Å². The molecule has 0 saturated carbocycles. The van der Waals surface area contributed by atoms with Crippen molar-refractivity contribution in [1.82, 2.24) is 9.97 Å². The van der Waals surface area contributed by atoms with E-state index >= 15 is 0 Å². The van der Waals surface area contributed by atoms with Gasteiger partial charge in [-0.1, -0.05) is 29.8 Å². The van der Waals surface area contributed by atoms with Crippen molar-refractivity contribution in [1.29, 1.82) is 0 Å². The van der Waals surface area contributed by atoms with Crippen LogP contribution in [-0.2, 0) is 0 Å². The summed E-state index contributed by atoms with van der Waals surface area (Å²) in [5.41, 5.74) is 8.19. The fourth-order valence-electron chi connectivity index (χ4n) is 2.17. The molecule has 25 heavy (non-hydrogen) atoms. The van der Waals surface area contributed by atoms with Crippen LogP contribution in [0.15, 0.2) is 48.8 Å². The molecule has 0 aliphatic heterocycles. The van der Waals surface area contributed by atoms with Crippen LogP contribution in [0, 0.1) is 6.92 Å². The number of nitrogen functional groups attached to an aromatic ring is 1. The zero-order chi connectivity index (χ0) is 17.8. The Balaban J connectivity index is 1.88. The highest BCUT2D eigenvalue weighted by atomic mass is 35.5. The minimum Gasteiger partial charge on any atom is -0.493 e. The van der Waals surface area contributed by atoms with Gasteiger partial charge in [0.05, 0.1) is 7.11 Å². The molecule has 7 heteroatoms. The highest BCUT2D eigenvalue weighted by Gasteiger charge is 2.13. The third-order valence-corrected chi connectivity index (χ3v) is 3.96. The second-order valence-corrected chi connectivity index (χ2v) is 5.69. The maximum absolute atomic E-state index is 6.15. The first-order valence-electron chi connectivity index (χ1n) is 7.53. The van der Waals surface area contributed by atoms with Gasteiger partial charge in [0, 0.05) is 10.7 Å². The highest BCUT2D eigenvalue weighted by molar-refractivity contribution is 6.31. The summed E-state index contributed by atoms with van der Waals surface area (Å²) in [4.78, 5) is 8.27. The Bertz CT molecular complexity index is 902. The third-order valence-electron chi connectivity index (χ3n) is 3.56. The van der Waals surface area contributed by atoms with Gasteiger partial charge in [0.15, 0.2) is 17.3 Å². The zero-order valence-electron chi connectivity index (χ0n) is 13.8. The van der Waals surface area contributed by atoms with Gasteiger partial charge in [-0.15, -0.1) is 0 Å². The Hall–Kier alpha value is -2.99. The number of nitrogens with two attached hydrogens (primary N) is 1. The summed E-state index contributed by atoms with van der Waals surface area (Å²) in [5.74, 6) is 1.76. The van der Waals surface area contributed by atoms with Crippen LogP contribution < -0.4 is 20.5 Å². The molecule has 0 fully saturated rings. The summed E-state index contributed by atoms with van der Waals surface area (Å²) in [7, 11) is 1.57. The van der Waals surface area contributed by atoms with Crippen LogP contribution in [0.25, 0.3) is 0 Å². The number of halogens is 1. The van der Waals surface area contributed by atoms with Crippen LogP contribution in [0.2, 0.25) is 5.02 Å². The second kappa shape index (κ2) is 7.27. The third kappa shape index (κ3) is 3.75. The number of methoxy groups -OCH3 is 1. The van der Waals surface area contributed by atoms with Gasteiger partial charge in [-0.05, 0) is 36.8 Å². The summed E-state index contributed by atoms with van der Waals surface area (Å²) in [5, 5.41) is 3.78. The molecule has 2 aromatic carbocycles. The van der Waals surface area contributed by atoms with E-state index in [1.54, 1.807) is 25.3 Å².